The van der Waals surface area contributed by atoms with Gasteiger partial charge in [0.15, 0.2) is 0 Å². The Kier molecular flexibility index (Phi) is 5.74. The van der Waals surface area contributed by atoms with E-state index in [1.54, 1.807) is 0 Å². The molecule has 1 saturated carbocycles. The second kappa shape index (κ2) is 8.59. The summed E-state index contributed by atoms with van der Waals surface area (Å²) in [6.45, 7) is 3.99. The second-order valence-electron chi connectivity index (χ2n) is 7.86. The topological polar surface area (TPSA) is 87.2 Å². The van der Waals surface area contributed by atoms with Crippen LogP contribution in [0.3, 0.4) is 0 Å². The Morgan fingerprint density at radius 3 is 2.38 bits per heavy atom. The zero-order chi connectivity index (χ0) is 20.2. The number of nitrogens with zero attached hydrogens (tertiary/aromatic N) is 3. The Morgan fingerprint density at radius 1 is 1.03 bits per heavy atom. The summed E-state index contributed by atoms with van der Waals surface area (Å²) in [6.07, 6.45) is 4.73. The molecule has 0 spiro atoms. The van der Waals surface area contributed by atoms with Crippen LogP contribution in [0.4, 0.5) is 23.0 Å². The van der Waals surface area contributed by atoms with Crippen LogP contribution in [0.5, 0.6) is 0 Å². The number of hydrogen-bond acceptors (Lipinski definition) is 6. The zero-order valence-corrected chi connectivity index (χ0v) is 16.8. The fraction of sp³-hybridized carbons (Fsp3) is 0.455. The minimum absolute atomic E-state index is 0.000102. The lowest BCUT2D eigenvalue weighted by molar-refractivity contribution is -0.125. The maximum Gasteiger partial charge on any atom is 0.227 e. The maximum atomic E-state index is 12.4. The highest BCUT2D eigenvalue weighted by Gasteiger charge is 2.24. The molecule has 7 nitrogen and oxygen atoms in total. The number of Topliss-reactive ketones (excluding diaryl/α,β-unsaturated/α-hetero) is 1. The van der Waals surface area contributed by atoms with Crippen molar-refractivity contribution in [2.24, 2.45) is 5.92 Å². The molecule has 4 rings (SSSR count). The number of carbonyl (C=O) groups is 2. The predicted octanol–water partition coefficient (Wildman–Crippen LogP) is 3.83. The Hall–Kier alpha value is -2.96. The molecule has 1 aromatic carbocycles. The molecule has 152 valence electrons. The SMILES string of the molecule is Cc1nc(Nc2ccc(NC(=O)C3CCC(=O)CC3)cc2)cc(N2CCCC2)n1. The van der Waals surface area contributed by atoms with Crippen molar-refractivity contribution in [3.05, 3.63) is 36.2 Å². The van der Waals surface area contributed by atoms with Gasteiger partial charge in [0.25, 0.3) is 0 Å². The van der Waals surface area contributed by atoms with Crippen LogP contribution >= 0.6 is 0 Å². The number of ketones is 1. The third-order valence-electron chi connectivity index (χ3n) is 5.59. The Bertz CT molecular complexity index is 881. The van der Waals surface area contributed by atoms with Gasteiger partial charge >= 0.3 is 0 Å². The van der Waals surface area contributed by atoms with E-state index in [0.717, 1.165) is 41.9 Å². The quantitative estimate of drug-likeness (QED) is 0.803. The molecular formula is C22H27N5O2. The Labute approximate surface area is 170 Å². The van der Waals surface area contributed by atoms with E-state index in [1.807, 2.05) is 37.3 Å². The number of anilines is 4. The molecule has 1 aliphatic heterocycles. The molecule has 2 N–H and O–H groups in total. The van der Waals surface area contributed by atoms with Gasteiger partial charge in [-0.25, -0.2) is 9.97 Å². The smallest absolute Gasteiger partial charge is 0.227 e. The van der Waals surface area contributed by atoms with Gasteiger partial charge in [0.2, 0.25) is 5.91 Å². The summed E-state index contributed by atoms with van der Waals surface area (Å²) < 4.78 is 0. The number of nitrogens with one attached hydrogen (secondary N) is 2. The first kappa shape index (κ1) is 19.4. The van der Waals surface area contributed by atoms with E-state index in [0.29, 0.717) is 25.7 Å². The summed E-state index contributed by atoms with van der Waals surface area (Å²) in [5.41, 5.74) is 1.66. The first-order valence-corrected chi connectivity index (χ1v) is 10.4. The third kappa shape index (κ3) is 4.91. The van der Waals surface area contributed by atoms with Gasteiger partial charge in [0.1, 0.15) is 23.2 Å². The summed E-state index contributed by atoms with van der Waals surface area (Å²) >= 11 is 0. The van der Waals surface area contributed by atoms with E-state index in [9.17, 15) is 9.59 Å². The van der Waals surface area contributed by atoms with Crippen molar-refractivity contribution in [3.63, 3.8) is 0 Å². The van der Waals surface area contributed by atoms with Crippen LogP contribution in [0.25, 0.3) is 0 Å². The molecule has 1 aliphatic carbocycles. The van der Waals surface area contributed by atoms with Gasteiger partial charge in [-0.2, -0.15) is 0 Å². The van der Waals surface area contributed by atoms with E-state index in [2.05, 4.69) is 25.5 Å². The fourth-order valence-corrected chi connectivity index (χ4v) is 3.96. The fourth-order valence-electron chi connectivity index (χ4n) is 3.96. The minimum Gasteiger partial charge on any atom is -0.356 e. The van der Waals surface area contributed by atoms with Crippen LogP contribution in [0.1, 0.15) is 44.3 Å². The molecule has 0 radical (unpaired) electrons. The predicted molar refractivity (Wildman–Crippen MR) is 114 cm³/mol. The maximum absolute atomic E-state index is 12.4. The van der Waals surface area contributed by atoms with Gasteiger partial charge in [-0.15, -0.1) is 0 Å². The van der Waals surface area contributed by atoms with Crippen molar-refractivity contribution >= 4 is 34.7 Å². The zero-order valence-electron chi connectivity index (χ0n) is 16.8. The van der Waals surface area contributed by atoms with E-state index >= 15 is 0 Å². The van der Waals surface area contributed by atoms with Crippen LogP contribution in [0, 0.1) is 12.8 Å². The highest BCUT2D eigenvalue weighted by molar-refractivity contribution is 5.94. The largest absolute Gasteiger partial charge is 0.356 e. The summed E-state index contributed by atoms with van der Waals surface area (Å²) in [5.74, 6) is 2.66. The lowest BCUT2D eigenvalue weighted by atomic mass is 9.88. The average Bonchev–Trinajstić information content (AvgIpc) is 3.24. The van der Waals surface area contributed by atoms with Crippen LogP contribution in [0.2, 0.25) is 0 Å². The highest BCUT2D eigenvalue weighted by Crippen LogP contribution is 2.25. The minimum atomic E-state index is -0.0708. The van der Waals surface area contributed by atoms with Crippen molar-refractivity contribution < 1.29 is 9.59 Å². The van der Waals surface area contributed by atoms with Crippen molar-refractivity contribution in [1.29, 1.82) is 0 Å². The monoisotopic (exact) mass is 393 g/mol. The lowest BCUT2D eigenvalue weighted by Gasteiger charge is -2.20. The molecule has 1 aromatic heterocycles. The highest BCUT2D eigenvalue weighted by atomic mass is 16.2. The summed E-state index contributed by atoms with van der Waals surface area (Å²) in [6, 6.07) is 9.59. The number of amides is 1. The molecule has 2 fully saturated rings. The van der Waals surface area contributed by atoms with Gasteiger partial charge in [-0.3, -0.25) is 9.59 Å². The number of aryl methyl sites for hydroxylation is 1. The Balaban J connectivity index is 1.38. The van der Waals surface area contributed by atoms with Crippen LogP contribution in [-0.2, 0) is 9.59 Å². The first-order valence-electron chi connectivity index (χ1n) is 10.4. The van der Waals surface area contributed by atoms with Crippen LogP contribution in [0.15, 0.2) is 30.3 Å². The molecule has 1 saturated heterocycles. The molecular weight excluding hydrogens is 366 g/mol. The van der Waals surface area contributed by atoms with Gasteiger partial charge in [-0.05, 0) is 56.9 Å². The van der Waals surface area contributed by atoms with Gasteiger partial charge in [0, 0.05) is 49.3 Å². The van der Waals surface area contributed by atoms with Crippen LogP contribution < -0.4 is 15.5 Å². The average molecular weight is 393 g/mol. The van der Waals surface area contributed by atoms with Crippen molar-refractivity contribution in [1.82, 2.24) is 9.97 Å². The molecule has 2 aromatic rings. The van der Waals surface area contributed by atoms with E-state index in [1.165, 1.54) is 12.8 Å². The lowest BCUT2D eigenvalue weighted by Crippen LogP contribution is -2.27. The van der Waals surface area contributed by atoms with Crippen molar-refractivity contribution in [2.75, 3.05) is 28.6 Å². The summed E-state index contributed by atoms with van der Waals surface area (Å²) in [4.78, 5) is 35.1. The van der Waals surface area contributed by atoms with Crippen molar-refractivity contribution in [3.8, 4) is 0 Å². The van der Waals surface area contributed by atoms with Gasteiger partial charge in [-0.1, -0.05) is 0 Å². The molecule has 0 atom stereocenters. The molecule has 0 bridgehead atoms. The number of rotatable bonds is 5. The van der Waals surface area contributed by atoms with Gasteiger partial charge in [0.05, 0.1) is 0 Å². The summed E-state index contributed by atoms with van der Waals surface area (Å²) in [7, 11) is 0. The number of aromatic nitrogens is 2. The van der Waals surface area contributed by atoms with E-state index < -0.39 is 0 Å². The molecule has 2 aliphatic rings. The molecule has 7 heteroatoms. The standard InChI is InChI=1S/C22H27N5O2/c1-15-23-20(14-21(24-15)27-12-2-3-13-27)25-17-6-8-18(9-7-17)26-22(29)16-4-10-19(28)11-5-16/h6-9,14,16H,2-5,10-13H2,1H3,(H,26,29)(H,23,24,25). The number of carbonyl (C=O) groups excluding carboxylic acids is 2. The molecule has 0 unspecified atom stereocenters. The molecule has 29 heavy (non-hydrogen) atoms. The molecule has 2 heterocycles. The van der Waals surface area contributed by atoms with Gasteiger partial charge < -0.3 is 15.5 Å². The normalized spacial score (nSPS) is 17.4. The van der Waals surface area contributed by atoms with E-state index in [4.69, 9.17) is 0 Å². The van der Waals surface area contributed by atoms with Crippen molar-refractivity contribution in [2.45, 2.75) is 45.4 Å². The second-order valence-corrected chi connectivity index (χ2v) is 7.86. The third-order valence-corrected chi connectivity index (χ3v) is 5.59. The van der Waals surface area contributed by atoms with Crippen LogP contribution in [-0.4, -0.2) is 34.7 Å². The Morgan fingerprint density at radius 2 is 1.69 bits per heavy atom. The van der Waals surface area contributed by atoms with E-state index in [-0.39, 0.29) is 17.6 Å². The number of hydrogen-bond donors (Lipinski definition) is 2. The first-order chi connectivity index (χ1) is 14.1. The number of benzene rings is 1. The molecule has 1 amide bonds. The summed E-state index contributed by atoms with van der Waals surface area (Å²) in [5, 5.41) is 6.29.